The number of ether oxygens (including phenoxy) is 2. The molecule has 3 aromatic rings. The SMILES string of the molecule is CCOc1cc(/C=C(/C#N)C(=O)N[C@@H](C)c2ccccc2)cc(I)c1OCc1ccc(C(=O)O)cc1. The summed E-state index contributed by atoms with van der Waals surface area (Å²) in [5.74, 6) is -0.447. The van der Waals surface area contributed by atoms with Gasteiger partial charge in [-0.25, -0.2) is 4.79 Å². The Hall–Kier alpha value is -3.84. The molecule has 0 aliphatic rings. The molecular formula is C28H25IN2O5. The van der Waals surface area contributed by atoms with Gasteiger partial charge < -0.3 is 19.9 Å². The van der Waals surface area contributed by atoms with Crippen LogP contribution in [0.15, 0.2) is 72.3 Å². The van der Waals surface area contributed by atoms with Gasteiger partial charge in [0.15, 0.2) is 11.5 Å². The molecule has 2 N–H and O–H groups in total. The maximum Gasteiger partial charge on any atom is 0.335 e. The lowest BCUT2D eigenvalue weighted by Gasteiger charge is -2.16. The van der Waals surface area contributed by atoms with Crippen LogP contribution in [0.4, 0.5) is 0 Å². The number of aromatic carboxylic acids is 1. The van der Waals surface area contributed by atoms with Crippen molar-refractivity contribution in [1.29, 1.82) is 5.26 Å². The predicted octanol–water partition coefficient (Wildman–Crippen LogP) is 5.75. The van der Waals surface area contributed by atoms with Crippen LogP contribution < -0.4 is 14.8 Å². The number of hydrogen-bond donors (Lipinski definition) is 2. The molecule has 8 heteroatoms. The van der Waals surface area contributed by atoms with Gasteiger partial charge in [0.1, 0.15) is 18.2 Å². The molecule has 0 saturated heterocycles. The highest BCUT2D eigenvalue weighted by molar-refractivity contribution is 14.1. The van der Waals surface area contributed by atoms with Crippen LogP contribution in [0, 0.1) is 14.9 Å². The number of carboxylic acids is 1. The molecule has 184 valence electrons. The summed E-state index contributed by atoms with van der Waals surface area (Å²) < 4.78 is 12.5. The summed E-state index contributed by atoms with van der Waals surface area (Å²) in [6.45, 7) is 4.32. The van der Waals surface area contributed by atoms with Gasteiger partial charge in [-0.3, -0.25) is 4.79 Å². The van der Waals surface area contributed by atoms with E-state index in [1.165, 1.54) is 18.2 Å². The second kappa shape index (κ2) is 12.7. The summed E-state index contributed by atoms with van der Waals surface area (Å²) in [4.78, 5) is 23.8. The Morgan fingerprint density at radius 1 is 1.11 bits per heavy atom. The quantitative estimate of drug-likeness (QED) is 0.175. The van der Waals surface area contributed by atoms with E-state index >= 15 is 0 Å². The smallest absolute Gasteiger partial charge is 0.335 e. The van der Waals surface area contributed by atoms with Crippen molar-refractivity contribution in [1.82, 2.24) is 5.32 Å². The summed E-state index contributed by atoms with van der Waals surface area (Å²) in [5.41, 5.74) is 2.55. The van der Waals surface area contributed by atoms with Crippen LogP contribution in [0.5, 0.6) is 11.5 Å². The molecule has 0 saturated carbocycles. The maximum absolute atomic E-state index is 12.8. The van der Waals surface area contributed by atoms with Gasteiger partial charge in [0.2, 0.25) is 0 Å². The van der Waals surface area contributed by atoms with Crippen molar-refractivity contribution >= 4 is 40.5 Å². The first-order chi connectivity index (χ1) is 17.3. The molecule has 1 amide bonds. The van der Waals surface area contributed by atoms with Crippen molar-refractivity contribution in [3.8, 4) is 17.6 Å². The maximum atomic E-state index is 12.8. The number of hydrogen-bond acceptors (Lipinski definition) is 5. The van der Waals surface area contributed by atoms with Crippen molar-refractivity contribution in [2.75, 3.05) is 6.61 Å². The number of nitrogens with one attached hydrogen (secondary N) is 1. The van der Waals surface area contributed by atoms with Gasteiger partial charge in [-0.05, 0) is 83.5 Å². The molecule has 0 aliphatic heterocycles. The fourth-order valence-electron chi connectivity index (χ4n) is 3.39. The molecule has 1 atom stereocenters. The number of rotatable bonds is 10. The third-order valence-corrected chi connectivity index (χ3v) is 6.04. The lowest BCUT2D eigenvalue weighted by atomic mass is 10.1. The molecule has 3 aromatic carbocycles. The van der Waals surface area contributed by atoms with E-state index in [2.05, 4.69) is 27.9 Å². The summed E-state index contributed by atoms with van der Waals surface area (Å²) in [6, 6.07) is 21.2. The molecule has 0 unspecified atom stereocenters. The fraction of sp³-hybridized carbons (Fsp3) is 0.179. The van der Waals surface area contributed by atoms with E-state index < -0.39 is 11.9 Å². The van der Waals surface area contributed by atoms with Crippen molar-refractivity contribution in [2.24, 2.45) is 0 Å². The predicted molar refractivity (Wildman–Crippen MR) is 145 cm³/mol. The van der Waals surface area contributed by atoms with E-state index in [1.807, 2.05) is 50.2 Å². The highest BCUT2D eigenvalue weighted by atomic mass is 127. The van der Waals surface area contributed by atoms with E-state index in [4.69, 9.17) is 14.6 Å². The Morgan fingerprint density at radius 2 is 1.81 bits per heavy atom. The Morgan fingerprint density at radius 3 is 2.42 bits per heavy atom. The van der Waals surface area contributed by atoms with Crippen LogP contribution >= 0.6 is 22.6 Å². The number of carbonyl (C=O) groups is 2. The monoisotopic (exact) mass is 596 g/mol. The normalized spacial score (nSPS) is 11.8. The van der Waals surface area contributed by atoms with Crippen LogP contribution in [0.1, 0.15) is 46.9 Å². The zero-order valence-electron chi connectivity index (χ0n) is 19.8. The Bertz CT molecular complexity index is 1300. The van der Waals surface area contributed by atoms with Crippen LogP contribution in [0.3, 0.4) is 0 Å². The molecule has 3 rings (SSSR count). The molecule has 0 aliphatic carbocycles. The second-order valence-corrected chi connectivity index (χ2v) is 8.99. The molecule has 0 spiro atoms. The van der Waals surface area contributed by atoms with Gasteiger partial charge >= 0.3 is 5.97 Å². The lowest BCUT2D eigenvalue weighted by molar-refractivity contribution is -0.117. The minimum absolute atomic E-state index is 0.0248. The van der Waals surface area contributed by atoms with Gasteiger partial charge in [-0.1, -0.05) is 42.5 Å². The second-order valence-electron chi connectivity index (χ2n) is 7.83. The number of amides is 1. The van der Waals surface area contributed by atoms with Crippen molar-refractivity contribution in [2.45, 2.75) is 26.5 Å². The van der Waals surface area contributed by atoms with Gasteiger partial charge in [0.25, 0.3) is 5.91 Å². The minimum atomic E-state index is -0.987. The van der Waals surface area contributed by atoms with E-state index in [1.54, 1.807) is 24.3 Å². The van der Waals surface area contributed by atoms with Crippen LogP contribution in [0.25, 0.3) is 6.08 Å². The topological polar surface area (TPSA) is 109 Å². The molecule has 0 bridgehead atoms. The number of halogens is 1. The van der Waals surface area contributed by atoms with E-state index in [0.717, 1.165) is 14.7 Å². The van der Waals surface area contributed by atoms with E-state index in [0.29, 0.717) is 23.7 Å². The molecule has 7 nitrogen and oxygen atoms in total. The first kappa shape index (κ1) is 26.8. The first-order valence-corrected chi connectivity index (χ1v) is 12.3. The van der Waals surface area contributed by atoms with Crippen molar-refractivity contribution in [3.05, 3.63) is 98.1 Å². The first-order valence-electron chi connectivity index (χ1n) is 11.2. The third kappa shape index (κ3) is 7.09. The highest BCUT2D eigenvalue weighted by Crippen LogP contribution is 2.35. The largest absolute Gasteiger partial charge is 0.490 e. The van der Waals surface area contributed by atoms with E-state index in [9.17, 15) is 14.9 Å². The Kier molecular flexibility index (Phi) is 9.47. The molecule has 0 aromatic heterocycles. The van der Waals surface area contributed by atoms with Gasteiger partial charge in [-0.2, -0.15) is 5.26 Å². The van der Waals surface area contributed by atoms with Crippen molar-refractivity contribution in [3.63, 3.8) is 0 Å². The summed E-state index contributed by atoms with van der Waals surface area (Å²) in [7, 11) is 0. The van der Waals surface area contributed by atoms with Crippen LogP contribution in [-0.2, 0) is 11.4 Å². The molecular weight excluding hydrogens is 571 g/mol. The molecule has 36 heavy (non-hydrogen) atoms. The third-order valence-electron chi connectivity index (χ3n) is 5.24. The van der Waals surface area contributed by atoms with Gasteiger partial charge in [0.05, 0.1) is 21.8 Å². The van der Waals surface area contributed by atoms with Gasteiger partial charge in [-0.15, -0.1) is 0 Å². The highest BCUT2D eigenvalue weighted by Gasteiger charge is 2.16. The average molecular weight is 596 g/mol. The van der Waals surface area contributed by atoms with Gasteiger partial charge in [0, 0.05) is 0 Å². The summed E-state index contributed by atoms with van der Waals surface area (Å²) in [6.07, 6.45) is 1.52. The molecule has 0 fully saturated rings. The number of nitrogens with zero attached hydrogens (tertiary/aromatic N) is 1. The summed E-state index contributed by atoms with van der Waals surface area (Å²) in [5, 5.41) is 21.5. The van der Waals surface area contributed by atoms with Crippen molar-refractivity contribution < 1.29 is 24.2 Å². The Labute approximate surface area is 223 Å². The standard InChI is InChI=1S/C28H25IN2O5/c1-3-35-25-15-20(13-23(16-30)27(32)31-18(2)21-7-5-4-6-8-21)14-24(29)26(25)36-17-19-9-11-22(12-10-19)28(33)34/h4-15,18H,3,17H2,1-2H3,(H,31,32)(H,33,34)/b23-13-/t18-/m0/s1. The average Bonchev–Trinajstić information content (AvgIpc) is 2.87. The number of nitriles is 1. The molecule has 0 heterocycles. The fourth-order valence-corrected chi connectivity index (χ4v) is 4.17. The number of carbonyl (C=O) groups excluding carboxylic acids is 1. The Balaban J connectivity index is 1.80. The molecule has 0 radical (unpaired) electrons. The van der Waals surface area contributed by atoms with Crippen LogP contribution in [-0.4, -0.2) is 23.6 Å². The van der Waals surface area contributed by atoms with E-state index in [-0.39, 0.29) is 23.8 Å². The zero-order valence-corrected chi connectivity index (χ0v) is 22.0. The zero-order chi connectivity index (χ0) is 26.1. The lowest BCUT2D eigenvalue weighted by Crippen LogP contribution is -2.27. The summed E-state index contributed by atoms with van der Waals surface area (Å²) >= 11 is 2.12. The minimum Gasteiger partial charge on any atom is -0.490 e. The number of benzene rings is 3. The number of carboxylic acid groups (broad SMARTS) is 1. The van der Waals surface area contributed by atoms with Crippen LogP contribution in [0.2, 0.25) is 0 Å².